The molecule has 20 heavy (non-hydrogen) atoms. The average molecular weight is 271 g/mol. The van der Waals surface area contributed by atoms with Crippen molar-refractivity contribution in [3.63, 3.8) is 0 Å². The zero-order valence-corrected chi connectivity index (χ0v) is 11.6. The van der Waals surface area contributed by atoms with Crippen LogP contribution in [0.3, 0.4) is 0 Å². The molecule has 1 saturated heterocycles. The lowest BCUT2D eigenvalue weighted by Crippen LogP contribution is -2.47. The molecule has 0 spiro atoms. The summed E-state index contributed by atoms with van der Waals surface area (Å²) in [5.41, 5.74) is 5.24. The zero-order chi connectivity index (χ0) is 13.8. The van der Waals surface area contributed by atoms with Gasteiger partial charge in [-0.05, 0) is 43.4 Å². The summed E-state index contributed by atoms with van der Waals surface area (Å²) in [6.45, 7) is 0.847. The number of pyridine rings is 1. The Morgan fingerprint density at radius 1 is 1.30 bits per heavy atom. The third-order valence-electron chi connectivity index (χ3n) is 4.06. The lowest BCUT2D eigenvalue weighted by atomic mass is 9.95. The Morgan fingerprint density at radius 3 is 3.00 bits per heavy atom. The molecule has 1 aromatic heterocycles. The Morgan fingerprint density at radius 2 is 2.20 bits per heavy atom. The van der Waals surface area contributed by atoms with Gasteiger partial charge in [0.2, 0.25) is 0 Å². The SMILES string of the molecule is NNC(Cc1ccnc2ccccc12)C1CCCCO1. The monoisotopic (exact) mass is 271 g/mol. The number of hydrogen-bond donors (Lipinski definition) is 2. The average Bonchev–Trinajstić information content (AvgIpc) is 2.53. The van der Waals surface area contributed by atoms with Gasteiger partial charge in [-0.25, -0.2) is 0 Å². The van der Waals surface area contributed by atoms with Gasteiger partial charge in [-0.1, -0.05) is 18.2 Å². The minimum Gasteiger partial charge on any atom is -0.377 e. The van der Waals surface area contributed by atoms with E-state index in [1.807, 2.05) is 18.3 Å². The number of nitrogens with two attached hydrogens (primary N) is 1. The van der Waals surface area contributed by atoms with Gasteiger partial charge >= 0.3 is 0 Å². The molecule has 2 aromatic rings. The second kappa shape index (κ2) is 6.31. The topological polar surface area (TPSA) is 60.2 Å². The van der Waals surface area contributed by atoms with Gasteiger partial charge < -0.3 is 4.74 Å². The second-order valence-corrected chi connectivity index (χ2v) is 5.37. The van der Waals surface area contributed by atoms with E-state index in [0.29, 0.717) is 0 Å². The van der Waals surface area contributed by atoms with Crippen molar-refractivity contribution in [3.05, 3.63) is 42.1 Å². The summed E-state index contributed by atoms with van der Waals surface area (Å²) < 4.78 is 5.86. The molecule has 3 rings (SSSR count). The van der Waals surface area contributed by atoms with Crippen LogP contribution < -0.4 is 11.3 Å². The zero-order valence-electron chi connectivity index (χ0n) is 11.6. The molecule has 0 aliphatic carbocycles. The highest BCUT2D eigenvalue weighted by atomic mass is 16.5. The van der Waals surface area contributed by atoms with Crippen LogP contribution in [-0.4, -0.2) is 23.7 Å². The van der Waals surface area contributed by atoms with E-state index in [4.69, 9.17) is 10.6 Å². The summed E-state index contributed by atoms with van der Waals surface area (Å²) in [5.74, 6) is 5.75. The number of nitrogens with zero attached hydrogens (tertiary/aromatic N) is 1. The van der Waals surface area contributed by atoms with Gasteiger partial charge in [0.15, 0.2) is 0 Å². The fourth-order valence-corrected chi connectivity index (χ4v) is 2.95. The van der Waals surface area contributed by atoms with E-state index >= 15 is 0 Å². The van der Waals surface area contributed by atoms with Gasteiger partial charge in [0, 0.05) is 18.2 Å². The standard InChI is InChI=1S/C16H21N3O/c17-19-15(16-7-3-4-10-20-16)11-12-8-9-18-14-6-2-1-5-13(12)14/h1-2,5-6,8-9,15-16,19H,3-4,7,10-11,17H2. The molecule has 1 aromatic carbocycles. The first-order valence-electron chi connectivity index (χ1n) is 7.29. The van der Waals surface area contributed by atoms with Crippen molar-refractivity contribution < 1.29 is 4.74 Å². The van der Waals surface area contributed by atoms with E-state index in [2.05, 4.69) is 28.6 Å². The number of nitrogens with one attached hydrogen (secondary N) is 1. The Hall–Kier alpha value is -1.49. The predicted molar refractivity (Wildman–Crippen MR) is 80.1 cm³/mol. The second-order valence-electron chi connectivity index (χ2n) is 5.37. The summed E-state index contributed by atoms with van der Waals surface area (Å²) in [4.78, 5) is 4.40. The molecule has 2 atom stereocenters. The van der Waals surface area contributed by atoms with Gasteiger partial charge in [0.25, 0.3) is 0 Å². The Balaban J connectivity index is 1.83. The maximum absolute atomic E-state index is 5.86. The van der Waals surface area contributed by atoms with Crippen molar-refractivity contribution >= 4 is 10.9 Å². The van der Waals surface area contributed by atoms with Crippen LogP contribution in [0.15, 0.2) is 36.5 Å². The summed E-state index contributed by atoms with van der Waals surface area (Å²) in [7, 11) is 0. The fraction of sp³-hybridized carbons (Fsp3) is 0.438. The lowest BCUT2D eigenvalue weighted by Gasteiger charge is -2.30. The molecule has 4 heteroatoms. The van der Waals surface area contributed by atoms with Crippen LogP contribution in [0.5, 0.6) is 0 Å². The van der Waals surface area contributed by atoms with Crippen molar-refractivity contribution in [2.45, 2.75) is 37.8 Å². The molecule has 0 amide bonds. The predicted octanol–water partition coefficient (Wildman–Crippen LogP) is 2.18. The molecule has 1 aliphatic rings. The van der Waals surface area contributed by atoms with Gasteiger partial charge in [-0.2, -0.15) is 0 Å². The first-order valence-corrected chi connectivity index (χ1v) is 7.29. The largest absolute Gasteiger partial charge is 0.377 e. The molecule has 0 bridgehead atoms. The number of fused-ring (bicyclic) bond motifs is 1. The summed E-state index contributed by atoms with van der Waals surface area (Å²) in [5, 5.41) is 1.20. The number of rotatable bonds is 4. The fourth-order valence-electron chi connectivity index (χ4n) is 2.95. The lowest BCUT2D eigenvalue weighted by molar-refractivity contribution is -0.00738. The highest BCUT2D eigenvalue weighted by Crippen LogP contribution is 2.22. The maximum atomic E-state index is 5.86. The van der Waals surface area contributed by atoms with Crippen LogP contribution in [0.1, 0.15) is 24.8 Å². The number of benzene rings is 1. The minimum atomic E-state index is 0.154. The normalized spacial score (nSPS) is 20.9. The van der Waals surface area contributed by atoms with E-state index in [0.717, 1.165) is 31.4 Å². The van der Waals surface area contributed by atoms with Crippen molar-refractivity contribution in [2.24, 2.45) is 5.84 Å². The molecule has 1 fully saturated rings. The molecular formula is C16H21N3O. The summed E-state index contributed by atoms with van der Waals surface area (Å²) in [6.07, 6.45) is 6.40. The van der Waals surface area contributed by atoms with E-state index in [1.54, 1.807) is 0 Å². The van der Waals surface area contributed by atoms with Crippen LogP contribution in [0.2, 0.25) is 0 Å². The molecule has 2 heterocycles. The van der Waals surface area contributed by atoms with E-state index in [9.17, 15) is 0 Å². The first kappa shape index (κ1) is 13.5. The van der Waals surface area contributed by atoms with Gasteiger partial charge in [-0.3, -0.25) is 16.3 Å². The number of aromatic nitrogens is 1. The Kier molecular flexibility index (Phi) is 4.25. The summed E-state index contributed by atoms with van der Waals surface area (Å²) in [6, 6.07) is 10.5. The van der Waals surface area contributed by atoms with Crippen molar-refractivity contribution in [1.82, 2.24) is 10.4 Å². The maximum Gasteiger partial charge on any atom is 0.0744 e. The Bertz CT molecular complexity index is 561. The van der Waals surface area contributed by atoms with Crippen molar-refractivity contribution in [3.8, 4) is 0 Å². The highest BCUT2D eigenvalue weighted by Gasteiger charge is 2.24. The van der Waals surface area contributed by atoms with Crippen LogP contribution in [0, 0.1) is 0 Å². The molecule has 3 N–H and O–H groups in total. The molecule has 106 valence electrons. The molecule has 4 nitrogen and oxygen atoms in total. The van der Waals surface area contributed by atoms with E-state index < -0.39 is 0 Å². The minimum absolute atomic E-state index is 0.154. The van der Waals surface area contributed by atoms with Crippen LogP contribution >= 0.6 is 0 Å². The van der Waals surface area contributed by atoms with Crippen LogP contribution in [0.25, 0.3) is 10.9 Å². The van der Waals surface area contributed by atoms with Gasteiger partial charge in [-0.15, -0.1) is 0 Å². The smallest absolute Gasteiger partial charge is 0.0744 e. The summed E-state index contributed by atoms with van der Waals surface area (Å²) >= 11 is 0. The van der Waals surface area contributed by atoms with Crippen LogP contribution in [-0.2, 0) is 11.2 Å². The van der Waals surface area contributed by atoms with Crippen molar-refractivity contribution in [1.29, 1.82) is 0 Å². The third kappa shape index (κ3) is 2.82. The molecule has 0 radical (unpaired) electrons. The number of para-hydroxylation sites is 1. The molecule has 0 saturated carbocycles. The first-order chi connectivity index (χ1) is 9.88. The number of hydrazine groups is 1. The van der Waals surface area contributed by atoms with Gasteiger partial charge in [0.1, 0.15) is 0 Å². The highest BCUT2D eigenvalue weighted by molar-refractivity contribution is 5.81. The number of hydrogen-bond acceptors (Lipinski definition) is 4. The van der Waals surface area contributed by atoms with Crippen molar-refractivity contribution in [2.75, 3.05) is 6.61 Å². The van der Waals surface area contributed by atoms with Crippen LogP contribution in [0.4, 0.5) is 0 Å². The van der Waals surface area contributed by atoms with E-state index in [-0.39, 0.29) is 12.1 Å². The van der Waals surface area contributed by atoms with Gasteiger partial charge in [0.05, 0.1) is 17.7 Å². The van der Waals surface area contributed by atoms with E-state index in [1.165, 1.54) is 17.4 Å². The quantitative estimate of drug-likeness (QED) is 0.661. The molecular weight excluding hydrogens is 250 g/mol. The Labute approximate surface area is 119 Å². The number of ether oxygens (including phenoxy) is 1. The molecule has 1 aliphatic heterocycles. The molecule has 2 unspecified atom stereocenters. The third-order valence-corrected chi connectivity index (χ3v) is 4.06.